The van der Waals surface area contributed by atoms with Crippen molar-refractivity contribution in [1.82, 2.24) is 5.16 Å². The maximum absolute atomic E-state index is 6.02. The van der Waals surface area contributed by atoms with Crippen molar-refractivity contribution in [2.45, 2.75) is 52.4 Å². The van der Waals surface area contributed by atoms with Crippen molar-refractivity contribution in [3.05, 3.63) is 35.6 Å². The molecular weight excluding hydrogens is 248 g/mol. The van der Waals surface area contributed by atoms with Crippen LogP contribution in [0.3, 0.4) is 0 Å². The number of nitrogens with zero attached hydrogens (tertiary/aromatic N) is 1. The quantitative estimate of drug-likeness (QED) is 0.875. The van der Waals surface area contributed by atoms with E-state index in [1.54, 1.807) is 0 Å². The average molecular weight is 272 g/mol. The lowest BCUT2D eigenvalue weighted by molar-refractivity contribution is 0.313. The Kier molecular flexibility index (Phi) is 3.89. The summed E-state index contributed by atoms with van der Waals surface area (Å²) in [6, 6.07) is 8.51. The Morgan fingerprint density at radius 1 is 1.20 bits per heavy atom. The lowest BCUT2D eigenvalue weighted by Crippen LogP contribution is -2.15. The fraction of sp³-hybridized carbons (Fsp3) is 0.471. The highest BCUT2D eigenvalue weighted by molar-refractivity contribution is 5.76. The van der Waals surface area contributed by atoms with Crippen molar-refractivity contribution in [2.24, 2.45) is 0 Å². The van der Waals surface area contributed by atoms with Crippen LogP contribution in [-0.2, 0) is 5.41 Å². The Balaban J connectivity index is 2.50. The van der Waals surface area contributed by atoms with Gasteiger partial charge in [-0.2, -0.15) is 0 Å². The first kappa shape index (κ1) is 14.6. The first-order valence-electron chi connectivity index (χ1n) is 7.22. The molecule has 2 aromatic rings. The van der Waals surface area contributed by atoms with Gasteiger partial charge in [0.1, 0.15) is 0 Å². The molecule has 2 rings (SSSR count). The van der Waals surface area contributed by atoms with Crippen LogP contribution in [0.15, 0.2) is 28.8 Å². The summed E-state index contributed by atoms with van der Waals surface area (Å²) in [5, 5.41) is 3.97. The number of benzene rings is 1. The largest absolute Gasteiger partial charge is 0.380 e. The predicted molar refractivity (Wildman–Crippen MR) is 83.8 cm³/mol. The van der Waals surface area contributed by atoms with Crippen molar-refractivity contribution < 1.29 is 4.52 Å². The summed E-state index contributed by atoms with van der Waals surface area (Å²) in [6.45, 7) is 10.8. The van der Waals surface area contributed by atoms with Crippen LogP contribution < -0.4 is 5.73 Å². The zero-order valence-electron chi connectivity index (χ0n) is 13.0. The summed E-state index contributed by atoms with van der Waals surface area (Å²) in [6.07, 6.45) is 0.971. The van der Waals surface area contributed by atoms with Crippen molar-refractivity contribution in [2.75, 3.05) is 5.73 Å². The van der Waals surface area contributed by atoms with Crippen LogP contribution in [-0.4, -0.2) is 5.16 Å². The second kappa shape index (κ2) is 5.31. The molecule has 2 N–H and O–H groups in total. The standard InChI is InChI=1S/C17H24N2O/c1-6-17(4,5)15-14(16(18)19-20-15)13-9-7-12(8-10-13)11(2)3/h7-11H,6H2,1-5H3,(H2,18,19). The highest BCUT2D eigenvalue weighted by Gasteiger charge is 2.29. The number of nitrogen functional groups attached to an aromatic ring is 1. The third kappa shape index (κ3) is 2.58. The second-order valence-corrected chi connectivity index (χ2v) is 6.29. The van der Waals surface area contributed by atoms with Crippen LogP contribution in [0.4, 0.5) is 5.82 Å². The molecule has 3 heteroatoms. The van der Waals surface area contributed by atoms with E-state index < -0.39 is 0 Å². The Hall–Kier alpha value is -1.77. The van der Waals surface area contributed by atoms with Gasteiger partial charge in [-0.1, -0.05) is 64.0 Å². The van der Waals surface area contributed by atoms with E-state index in [-0.39, 0.29) is 5.41 Å². The van der Waals surface area contributed by atoms with E-state index in [9.17, 15) is 0 Å². The molecule has 0 unspecified atom stereocenters. The summed E-state index contributed by atoms with van der Waals surface area (Å²) in [5.41, 5.74) is 9.28. The molecule has 0 bridgehead atoms. The third-order valence-electron chi connectivity index (χ3n) is 4.08. The molecule has 1 heterocycles. The van der Waals surface area contributed by atoms with Gasteiger partial charge in [0, 0.05) is 5.41 Å². The molecule has 0 atom stereocenters. The summed E-state index contributed by atoms with van der Waals surface area (Å²) in [4.78, 5) is 0. The molecule has 1 aromatic heterocycles. The van der Waals surface area contributed by atoms with Gasteiger partial charge >= 0.3 is 0 Å². The van der Waals surface area contributed by atoms with Crippen LogP contribution >= 0.6 is 0 Å². The predicted octanol–water partition coefficient (Wildman–Crippen LogP) is 4.73. The van der Waals surface area contributed by atoms with E-state index in [4.69, 9.17) is 10.3 Å². The topological polar surface area (TPSA) is 52.0 Å². The molecule has 0 amide bonds. The first-order chi connectivity index (χ1) is 9.36. The van der Waals surface area contributed by atoms with Crippen LogP contribution in [0.25, 0.3) is 11.1 Å². The fourth-order valence-electron chi connectivity index (χ4n) is 2.24. The SMILES string of the molecule is CCC(C)(C)c1onc(N)c1-c1ccc(C(C)C)cc1. The van der Waals surface area contributed by atoms with Crippen LogP contribution in [0.2, 0.25) is 0 Å². The maximum atomic E-state index is 6.02. The van der Waals surface area contributed by atoms with Gasteiger partial charge < -0.3 is 10.3 Å². The van der Waals surface area contributed by atoms with Crippen molar-refractivity contribution in [1.29, 1.82) is 0 Å². The van der Waals surface area contributed by atoms with E-state index in [1.165, 1.54) is 5.56 Å². The molecular formula is C17H24N2O. The smallest absolute Gasteiger partial charge is 0.175 e. The van der Waals surface area contributed by atoms with Gasteiger partial charge in [0.25, 0.3) is 0 Å². The van der Waals surface area contributed by atoms with Gasteiger partial charge in [0.15, 0.2) is 11.6 Å². The van der Waals surface area contributed by atoms with Gasteiger partial charge in [-0.15, -0.1) is 0 Å². The maximum Gasteiger partial charge on any atom is 0.175 e. The lowest BCUT2D eigenvalue weighted by atomic mass is 9.83. The van der Waals surface area contributed by atoms with Crippen LogP contribution in [0.5, 0.6) is 0 Å². The molecule has 3 nitrogen and oxygen atoms in total. The van der Waals surface area contributed by atoms with E-state index in [1.807, 2.05) is 0 Å². The molecule has 0 aliphatic carbocycles. The van der Waals surface area contributed by atoms with E-state index in [0.717, 1.165) is 23.3 Å². The fourth-order valence-corrected chi connectivity index (χ4v) is 2.24. The average Bonchev–Trinajstić information content (AvgIpc) is 2.81. The van der Waals surface area contributed by atoms with Gasteiger partial charge in [-0.25, -0.2) is 0 Å². The molecule has 0 spiro atoms. The minimum absolute atomic E-state index is 0.0727. The van der Waals surface area contributed by atoms with Gasteiger partial charge in [-0.05, 0) is 23.5 Å². The highest BCUT2D eigenvalue weighted by atomic mass is 16.5. The van der Waals surface area contributed by atoms with E-state index in [0.29, 0.717) is 11.7 Å². The van der Waals surface area contributed by atoms with E-state index >= 15 is 0 Å². The molecule has 0 saturated heterocycles. The summed E-state index contributed by atoms with van der Waals surface area (Å²) >= 11 is 0. The first-order valence-corrected chi connectivity index (χ1v) is 7.22. The highest BCUT2D eigenvalue weighted by Crippen LogP contribution is 2.39. The number of hydrogen-bond acceptors (Lipinski definition) is 3. The molecule has 0 radical (unpaired) electrons. The number of anilines is 1. The normalized spacial score (nSPS) is 12.1. The molecule has 0 aliphatic rings. The van der Waals surface area contributed by atoms with Crippen molar-refractivity contribution in [3.8, 4) is 11.1 Å². The van der Waals surface area contributed by atoms with Gasteiger partial charge in [-0.3, -0.25) is 0 Å². The Morgan fingerprint density at radius 3 is 2.30 bits per heavy atom. The number of aromatic nitrogens is 1. The minimum atomic E-state index is -0.0727. The van der Waals surface area contributed by atoms with Crippen LogP contribution in [0, 0.1) is 0 Å². The second-order valence-electron chi connectivity index (χ2n) is 6.29. The molecule has 0 saturated carbocycles. The Bertz CT molecular complexity index is 580. The number of rotatable bonds is 4. The molecule has 1 aromatic carbocycles. The molecule has 0 aliphatic heterocycles. The molecule has 0 fully saturated rings. The molecule has 108 valence electrons. The summed E-state index contributed by atoms with van der Waals surface area (Å²) in [7, 11) is 0. The monoisotopic (exact) mass is 272 g/mol. The van der Waals surface area contributed by atoms with Crippen molar-refractivity contribution in [3.63, 3.8) is 0 Å². The van der Waals surface area contributed by atoms with E-state index in [2.05, 4.69) is 64.0 Å². The summed E-state index contributed by atoms with van der Waals surface area (Å²) < 4.78 is 5.51. The summed E-state index contributed by atoms with van der Waals surface area (Å²) in [5.74, 6) is 1.86. The third-order valence-corrected chi connectivity index (χ3v) is 4.08. The molecule has 20 heavy (non-hydrogen) atoms. The Morgan fingerprint density at radius 2 is 1.80 bits per heavy atom. The Labute approximate surface area is 121 Å². The van der Waals surface area contributed by atoms with Crippen LogP contribution in [0.1, 0.15) is 58.3 Å². The van der Waals surface area contributed by atoms with Crippen molar-refractivity contribution >= 4 is 5.82 Å². The zero-order valence-corrected chi connectivity index (χ0v) is 13.0. The zero-order chi connectivity index (χ0) is 14.9. The lowest BCUT2D eigenvalue weighted by Gasteiger charge is -2.20. The number of nitrogens with two attached hydrogens (primary N) is 1. The van der Waals surface area contributed by atoms with Gasteiger partial charge in [0.05, 0.1) is 5.56 Å². The minimum Gasteiger partial charge on any atom is -0.380 e. The number of hydrogen-bond donors (Lipinski definition) is 1. The van der Waals surface area contributed by atoms with Gasteiger partial charge in [0.2, 0.25) is 0 Å².